The zero-order valence-electron chi connectivity index (χ0n) is 15.3. The van der Waals surface area contributed by atoms with Crippen molar-refractivity contribution >= 4 is 11.7 Å². The van der Waals surface area contributed by atoms with Crippen LogP contribution in [0.15, 0.2) is 48.8 Å². The zero-order chi connectivity index (χ0) is 18.2. The van der Waals surface area contributed by atoms with Crippen LogP contribution in [0.1, 0.15) is 18.1 Å². The van der Waals surface area contributed by atoms with Crippen LogP contribution < -0.4 is 10.6 Å². The molecule has 2 aromatic rings. The lowest BCUT2D eigenvalue weighted by Crippen LogP contribution is -2.45. The molecule has 0 aliphatic carbocycles. The molecule has 1 aromatic heterocycles. The van der Waals surface area contributed by atoms with E-state index < -0.39 is 0 Å². The van der Waals surface area contributed by atoms with Crippen LogP contribution in [0.25, 0.3) is 0 Å². The molecule has 3 rings (SSSR count). The maximum Gasteiger partial charge on any atom is 0.319 e. The summed E-state index contributed by atoms with van der Waals surface area (Å²) in [5.41, 5.74) is 3.18. The van der Waals surface area contributed by atoms with E-state index in [0.717, 1.165) is 50.5 Å². The minimum absolute atomic E-state index is 0.206. The van der Waals surface area contributed by atoms with Crippen molar-refractivity contribution in [2.75, 3.05) is 38.0 Å². The van der Waals surface area contributed by atoms with Crippen LogP contribution in [0.2, 0.25) is 0 Å². The highest BCUT2D eigenvalue weighted by atomic mass is 16.2. The van der Waals surface area contributed by atoms with Crippen molar-refractivity contribution in [2.45, 2.75) is 20.0 Å². The fourth-order valence-electron chi connectivity index (χ4n) is 3.17. The predicted molar refractivity (Wildman–Crippen MR) is 104 cm³/mol. The van der Waals surface area contributed by atoms with Gasteiger partial charge in [-0.15, -0.1) is 0 Å². The lowest BCUT2D eigenvalue weighted by atomic mass is 10.1. The second-order valence-corrected chi connectivity index (χ2v) is 6.52. The smallest absolute Gasteiger partial charge is 0.319 e. The van der Waals surface area contributed by atoms with E-state index >= 15 is 0 Å². The highest BCUT2D eigenvalue weighted by Crippen LogP contribution is 2.14. The highest BCUT2D eigenvalue weighted by Gasteiger charge is 2.16. The quantitative estimate of drug-likeness (QED) is 0.838. The van der Waals surface area contributed by atoms with Gasteiger partial charge in [-0.05, 0) is 29.8 Å². The topological polar surface area (TPSA) is 60.5 Å². The third kappa shape index (κ3) is 5.28. The van der Waals surface area contributed by atoms with Crippen LogP contribution in [0.5, 0.6) is 0 Å². The lowest BCUT2D eigenvalue weighted by molar-refractivity contribution is 0.131. The minimum atomic E-state index is -0.206. The second-order valence-electron chi connectivity index (χ2n) is 6.52. The molecule has 0 bridgehead atoms. The van der Waals surface area contributed by atoms with Gasteiger partial charge in [-0.2, -0.15) is 0 Å². The number of piperazine rings is 1. The molecule has 138 valence electrons. The number of likely N-dealkylation sites (N-methyl/N-ethyl adjacent to an activating group) is 1. The maximum absolute atomic E-state index is 12.1. The molecular weight excluding hydrogens is 326 g/mol. The summed E-state index contributed by atoms with van der Waals surface area (Å²) in [6.07, 6.45) is 3.31. The van der Waals surface area contributed by atoms with E-state index in [9.17, 15) is 4.79 Å². The number of nitrogens with one attached hydrogen (secondary N) is 2. The van der Waals surface area contributed by atoms with Crippen LogP contribution >= 0.6 is 0 Å². The van der Waals surface area contributed by atoms with Gasteiger partial charge in [0.1, 0.15) is 0 Å². The third-order valence-corrected chi connectivity index (χ3v) is 4.80. The van der Waals surface area contributed by atoms with Crippen LogP contribution in [0, 0.1) is 0 Å². The van der Waals surface area contributed by atoms with Crippen molar-refractivity contribution in [1.82, 2.24) is 20.1 Å². The molecule has 0 spiro atoms. The molecule has 26 heavy (non-hydrogen) atoms. The Morgan fingerprint density at radius 1 is 1.00 bits per heavy atom. The van der Waals surface area contributed by atoms with Gasteiger partial charge in [0.05, 0.1) is 0 Å². The first-order valence-electron chi connectivity index (χ1n) is 9.21. The van der Waals surface area contributed by atoms with Crippen molar-refractivity contribution in [3.63, 3.8) is 0 Å². The van der Waals surface area contributed by atoms with E-state index in [-0.39, 0.29) is 6.03 Å². The van der Waals surface area contributed by atoms with E-state index in [1.54, 1.807) is 24.5 Å². The Hall–Kier alpha value is -2.44. The first-order valence-corrected chi connectivity index (χ1v) is 9.21. The highest BCUT2D eigenvalue weighted by molar-refractivity contribution is 5.89. The number of nitrogens with zero attached hydrogens (tertiary/aromatic N) is 3. The Morgan fingerprint density at radius 2 is 1.65 bits per heavy atom. The van der Waals surface area contributed by atoms with E-state index in [0.29, 0.717) is 6.54 Å². The third-order valence-electron chi connectivity index (χ3n) is 4.80. The number of benzene rings is 1. The predicted octanol–water partition coefficient (Wildman–Crippen LogP) is 2.54. The van der Waals surface area contributed by atoms with Gasteiger partial charge >= 0.3 is 6.03 Å². The number of carbonyl (C=O) groups excluding carboxylic acids is 1. The van der Waals surface area contributed by atoms with Crippen molar-refractivity contribution in [2.24, 2.45) is 0 Å². The van der Waals surface area contributed by atoms with Crippen LogP contribution in [0.3, 0.4) is 0 Å². The van der Waals surface area contributed by atoms with Gasteiger partial charge in [0.15, 0.2) is 0 Å². The van der Waals surface area contributed by atoms with Crippen molar-refractivity contribution in [1.29, 1.82) is 0 Å². The second kappa shape index (κ2) is 9.31. The average Bonchev–Trinajstić information content (AvgIpc) is 2.69. The van der Waals surface area contributed by atoms with Gasteiger partial charge in [-0.25, -0.2) is 4.79 Å². The monoisotopic (exact) mass is 353 g/mol. The normalized spacial score (nSPS) is 15.6. The Morgan fingerprint density at radius 3 is 2.35 bits per heavy atom. The molecule has 2 N–H and O–H groups in total. The first kappa shape index (κ1) is 18.4. The molecule has 2 amide bonds. The summed E-state index contributed by atoms with van der Waals surface area (Å²) in [5.74, 6) is 0. The van der Waals surface area contributed by atoms with Crippen molar-refractivity contribution in [3.8, 4) is 0 Å². The number of pyridine rings is 1. The Kier molecular flexibility index (Phi) is 6.57. The number of anilines is 1. The molecular formula is C20H27N5O. The summed E-state index contributed by atoms with van der Waals surface area (Å²) in [7, 11) is 0. The zero-order valence-corrected chi connectivity index (χ0v) is 15.3. The average molecular weight is 353 g/mol. The SMILES string of the molecule is CCN1CCN(Cc2ccccc2CNC(=O)Nc2ccncc2)CC1. The molecule has 6 heteroatoms. The van der Waals surface area contributed by atoms with Crippen molar-refractivity contribution in [3.05, 3.63) is 59.9 Å². The fourth-order valence-corrected chi connectivity index (χ4v) is 3.17. The van der Waals surface area contributed by atoms with Gasteiger partial charge in [-0.1, -0.05) is 31.2 Å². The minimum Gasteiger partial charge on any atom is -0.334 e. The number of amides is 2. The summed E-state index contributed by atoms with van der Waals surface area (Å²) in [4.78, 5) is 21.0. The first-order chi connectivity index (χ1) is 12.7. The largest absolute Gasteiger partial charge is 0.334 e. The van der Waals surface area contributed by atoms with Crippen molar-refractivity contribution < 1.29 is 4.79 Å². The molecule has 1 fully saturated rings. The van der Waals surface area contributed by atoms with E-state index in [1.165, 1.54) is 5.56 Å². The molecule has 0 atom stereocenters. The summed E-state index contributed by atoms with van der Waals surface area (Å²) in [6.45, 7) is 9.24. The number of urea groups is 1. The van der Waals surface area contributed by atoms with Crippen LogP contribution in [0.4, 0.5) is 10.5 Å². The molecule has 2 heterocycles. The summed E-state index contributed by atoms with van der Waals surface area (Å²) in [6, 6.07) is 11.7. The van der Waals surface area contributed by atoms with E-state index in [1.807, 2.05) is 6.07 Å². The Labute approximate surface area is 155 Å². The molecule has 0 radical (unpaired) electrons. The number of aromatic nitrogens is 1. The standard InChI is InChI=1S/C20H27N5O/c1-2-24-11-13-25(14-12-24)16-18-6-4-3-5-17(18)15-22-20(26)23-19-7-9-21-10-8-19/h3-10H,2,11-16H2,1H3,(H2,21,22,23,26). The van der Waals surface area contributed by atoms with Crippen LogP contribution in [-0.4, -0.2) is 53.5 Å². The molecule has 1 aliphatic rings. The summed E-state index contributed by atoms with van der Waals surface area (Å²) < 4.78 is 0. The Bertz CT molecular complexity index is 698. The fraction of sp³-hybridized carbons (Fsp3) is 0.400. The number of hydrogen-bond donors (Lipinski definition) is 2. The molecule has 1 saturated heterocycles. The number of rotatable bonds is 6. The summed E-state index contributed by atoms with van der Waals surface area (Å²) in [5, 5.41) is 5.76. The number of carbonyl (C=O) groups is 1. The molecule has 6 nitrogen and oxygen atoms in total. The molecule has 1 aromatic carbocycles. The van der Waals surface area contributed by atoms with Crippen LogP contribution in [-0.2, 0) is 13.1 Å². The summed E-state index contributed by atoms with van der Waals surface area (Å²) >= 11 is 0. The van der Waals surface area contributed by atoms with Gasteiger partial charge in [0, 0.05) is 57.3 Å². The van der Waals surface area contributed by atoms with Gasteiger partial charge in [-0.3, -0.25) is 9.88 Å². The van der Waals surface area contributed by atoms with Gasteiger partial charge < -0.3 is 15.5 Å². The Balaban J connectivity index is 1.53. The van der Waals surface area contributed by atoms with Gasteiger partial charge in [0.25, 0.3) is 0 Å². The number of hydrogen-bond acceptors (Lipinski definition) is 4. The lowest BCUT2D eigenvalue weighted by Gasteiger charge is -2.34. The molecule has 0 saturated carbocycles. The van der Waals surface area contributed by atoms with E-state index in [4.69, 9.17) is 0 Å². The molecule has 1 aliphatic heterocycles. The van der Waals surface area contributed by atoms with E-state index in [2.05, 4.69) is 50.5 Å². The maximum atomic E-state index is 12.1. The van der Waals surface area contributed by atoms with Gasteiger partial charge in [0.2, 0.25) is 0 Å². The molecule has 0 unspecified atom stereocenters.